The quantitative estimate of drug-likeness (QED) is 0.596. The van der Waals surface area contributed by atoms with E-state index in [9.17, 15) is 0 Å². The molecule has 2 heterocycles. The van der Waals surface area contributed by atoms with Crippen LogP contribution in [0.25, 0.3) is 0 Å². The van der Waals surface area contributed by atoms with Crippen LogP contribution in [-0.4, -0.2) is 41.3 Å². The van der Waals surface area contributed by atoms with Crippen LogP contribution >= 0.6 is 23.5 Å². The second-order valence-electron chi connectivity index (χ2n) is 4.55. The van der Waals surface area contributed by atoms with E-state index in [1.165, 1.54) is 11.5 Å². The van der Waals surface area contributed by atoms with Crippen molar-refractivity contribution in [2.75, 3.05) is 24.7 Å². The third kappa shape index (κ3) is 3.07. The SMILES string of the molecule is CC1SCCSC1C(NN)C1CCOCC1. The summed E-state index contributed by atoms with van der Waals surface area (Å²) < 4.78 is 5.43. The first-order valence-electron chi connectivity index (χ1n) is 6.10. The molecule has 0 bridgehead atoms. The zero-order valence-electron chi connectivity index (χ0n) is 9.85. The van der Waals surface area contributed by atoms with Gasteiger partial charge in [0.05, 0.1) is 0 Å². The molecule has 3 atom stereocenters. The molecule has 3 N–H and O–H groups in total. The molecular weight excluding hydrogens is 240 g/mol. The Kier molecular flexibility index (Phi) is 5.29. The minimum Gasteiger partial charge on any atom is -0.381 e. The molecule has 0 aromatic rings. The predicted octanol–water partition coefficient (Wildman–Crippen LogP) is 1.48. The topological polar surface area (TPSA) is 47.3 Å². The van der Waals surface area contributed by atoms with Gasteiger partial charge in [-0.1, -0.05) is 6.92 Å². The third-order valence-electron chi connectivity index (χ3n) is 3.56. The molecule has 16 heavy (non-hydrogen) atoms. The summed E-state index contributed by atoms with van der Waals surface area (Å²) in [6, 6.07) is 0.455. The van der Waals surface area contributed by atoms with E-state index in [-0.39, 0.29) is 0 Å². The van der Waals surface area contributed by atoms with E-state index >= 15 is 0 Å². The molecule has 0 amide bonds. The average Bonchev–Trinajstić information content (AvgIpc) is 2.34. The maximum atomic E-state index is 5.78. The lowest BCUT2D eigenvalue weighted by Gasteiger charge is -2.39. The van der Waals surface area contributed by atoms with Crippen LogP contribution in [0, 0.1) is 5.92 Å². The number of nitrogens with one attached hydrogen (secondary N) is 1. The Morgan fingerprint density at radius 1 is 1.25 bits per heavy atom. The number of nitrogens with two attached hydrogens (primary N) is 1. The van der Waals surface area contributed by atoms with E-state index in [1.807, 2.05) is 0 Å². The van der Waals surface area contributed by atoms with Crippen molar-refractivity contribution in [1.29, 1.82) is 0 Å². The summed E-state index contributed by atoms with van der Waals surface area (Å²) in [6.07, 6.45) is 2.31. The fourth-order valence-electron chi connectivity index (χ4n) is 2.62. The molecule has 2 rings (SSSR count). The number of hydrazine groups is 1. The standard InChI is InChI=1S/C11H22N2OS2/c1-8-11(16-7-6-15-8)10(13-12)9-2-4-14-5-3-9/h8-11,13H,2-7,12H2,1H3. The van der Waals surface area contributed by atoms with E-state index in [0.717, 1.165) is 26.1 Å². The molecule has 0 radical (unpaired) electrons. The van der Waals surface area contributed by atoms with Crippen LogP contribution in [0.1, 0.15) is 19.8 Å². The van der Waals surface area contributed by atoms with E-state index < -0.39 is 0 Å². The molecule has 94 valence electrons. The van der Waals surface area contributed by atoms with Gasteiger partial charge in [-0.25, -0.2) is 0 Å². The van der Waals surface area contributed by atoms with Crippen LogP contribution < -0.4 is 11.3 Å². The molecular formula is C11H22N2OS2. The second-order valence-corrected chi connectivity index (χ2v) is 7.32. The summed E-state index contributed by atoms with van der Waals surface area (Å²) in [7, 11) is 0. The minimum atomic E-state index is 0.455. The van der Waals surface area contributed by atoms with Crippen LogP contribution in [0.5, 0.6) is 0 Å². The molecule has 3 nitrogen and oxygen atoms in total. The van der Waals surface area contributed by atoms with Crippen LogP contribution in [0.4, 0.5) is 0 Å². The highest BCUT2D eigenvalue weighted by Gasteiger charge is 2.35. The van der Waals surface area contributed by atoms with Gasteiger partial charge in [0.25, 0.3) is 0 Å². The van der Waals surface area contributed by atoms with Gasteiger partial charge in [0.1, 0.15) is 0 Å². The Labute approximate surface area is 107 Å². The Bertz CT molecular complexity index is 212. The van der Waals surface area contributed by atoms with E-state index in [0.29, 0.717) is 22.5 Å². The summed E-state index contributed by atoms with van der Waals surface area (Å²) in [5, 5.41) is 1.37. The maximum absolute atomic E-state index is 5.78. The second kappa shape index (κ2) is 6.50. The Morgan fingerprint density at radius 2 is 1.94 bits per heavy atom. The van der Waals surface area contributed by atoms with Gasteiger partial charge in [0.2, 0.25) is 0 Å². The van der Waals surface area contributed by atoms with Crippen molar-refractivity contribution in [2.24, 2.45) is 11.8 Å². The fourth-order valence-corrected chi connectivity index (χ4v) is 5.64. The van der Waals surface area contributed by atoms with Crippen molar-refractivity contribution in [1.82, 2.24) is 5.43 Å². The third-order valence-corrected chi connectivity index (χ3v) is 6.77. The largest absolute Gasteiger partial charge is 0.381 e. The van der Waals surface area contributed by atoms with E-state index in [4.69, 9.17) is 10.6 Å². The van der Waals surface area contributed by atoms with Crippen molar-refractivity contribution in [3.05, 3.63) is 0 Å². The number of hydrogen-bond donors (Lipinski definition) is 2. The highest BCUT2D eigenvalue weighted by Crippen LogP contribution is 2.36. The van der Waals surface area contributed by atoms with Crippen molar-refractivity contribution < 1.29 is 4.74 Å². The predicted molar refractivity (Wildman–Crippen MR) is 72.8 cm³/mol. The van der Waals surface area contributed by atoms with E-state index in [2.05, 4.69) is 35.9 Å². The molecule has 0 aromatic carbocycles. The van der Waals surface area contributed by atoms with Crippen molar-refractivity contribution in [3.63, 3.8) is 0 Å². The van der Waals surface area contributed by atoms with Gasteiger partial charge >= 0.3 is 0 Å². The fraction of sp³-hybridized carbons (Fsp3) is 1.00. The van der Waals surface area contributed by atoms with Crippen LogP contribution in [-0.2, 0) is 4.74 Å². The summed E-state index contributed by atoms with van der Waals surface area (Å²) in [5.41, 5.74) is 3.08. The monoisotopic (exact) mass is 262 g/mol. The van der Waals surface area contributed by atoms with Gasteiger partial charge in [0.15, 0.2) is 0 Å². The number of rotatable bonds is 3. The molecule has 2 saturated heterocycles. The zero-order chi connectivity index (χ0) is 11.4. The van der Waals surface area contributed by atoms with Crippen LogP contribution in [0.2, 0.25) is 0 Å². The average molecular weight is 262 g/mol. The normalized spacial score (nSPS) is 34.9. The molecule has 2 fully saturated rings. The van der Waals surface area contributed by atoms with Crippen molar-refractivity contribution in [3.8, 4) is 0 Å². The van der Waals surface area contributed by atoms with Crippen LogP contribution in [0.3, 0.4) is 0 Å². The molecule has 0 aromatic heterocycles. The van der Waals surface area contributed by atoms with Gasteiger partial charge in [-0.05, 0) is 18.8 Å². The Morgan fingerprint density at radius 3 is 2.56 bits per heavy atom. The lowest BCUT2D eigenvalue weighted by Crippen LogP contribution is -2.52. The van der Waals surface area contributed by atoms with Crippen molar-refractivity contribution >= 4 is 23.5 Å². The maximum Gasteiger partial charge on any atom is 0.0469 e. The van der Waals surface area contributed by atoms with Gasteiger partial charge in [-0.15, -0.1) is 0 Å². The molecule has 0 spiro atoms. The molecule has 3 unspecified atom stereocenters. The van der Waals surface area contributed by atoms with Crippen LogP contribution in [0.15, 0.2) is 0 Å². The Hall–Kier alpha value is 0.580. The van der Waals surface area contributed by atoms with Gasteiger partial charge in [-0.2, -0.15) is 23.5 Å². The van der Waals surface area contributed by atoms with E-state index in [1.54, 1.807) is 0 Å². The molecule has 0 saturated carbocycles. The molecule has 2 aliphatic heterocycles. The lowest BCUT2D eigenvalue weighted by atomic mass is 9.89. The number of ether oxygens (including phenoxy) is 1. The number of thioether (sulfide) groups is 2. The smallest absolute Gasteiger partial charge is 0.0469 e. The zero-order valence-corrected chi connectivity index (χ0v) is 11.5. The minimum absolute atomic E-state index is 0.455. The first-order valence-corrected chi connectivity index (χ1v) is 8.19. The van der Waals surface area contributed by atoms with Gasteiger partial charge in [-0.3, -0.25) is 11.3 Å². The lowest BCUT2D eigenvalue weighted by molar-refractivity contribution is 0.0534. The van der Waals surface area contributed by atoms with Gasteiger partial charge < -0.3 is 4.74 Å². The molecule has 2 aliphatic rings. The summed E-state index contributed by atoms with van der Waals surface area (Å²) in [4.78, 5) is 0. The summed E-state index contributed by atoms with van der Waals surface area (Å²) in [5.74, 6) is 9.03. The highest BCUT2D eigenvalue weighted by molar-refractivity contribution is 8.07. The first kappa shape index (κ1) is 13.0. The number of hydrogen-bond acceptors (Lipinski definition) is 5. The highest BCUT2D eigenvalue weighted by atomic mass is 32.2. The molecule has 5 heteroatoms. The van der Waals surface area contributed by atoms with Crippen molar-refractivity contribution in [2.45, 2.75) is 36.3 Å². The van der Waals surface area contributed by atoms with Gasteiger partial charge in [0, 0.05) is 41.3 Å². The Balaban J connectivity index is 1.96. The first-order chi connectivity index (χ1) is 7.83. The summed E-state index contributed by atoms with van der Waals surface area (Å²) in [6.45, 7) is 4.15. The summed E-state index contributed by atoms with van der Waals surface area (Å²) >= 11 is 4.18. The molecule has 0 aliphatic carbocycles.